The molecular weight excluding hydrogens is 310 g/mol. The molecule has 1 aliphatic rings. The van der Waals surface area contributed by atoms with Crippen LogP contribution in [0.15, 0.2) is 24.3 Å². The van der Waals surface area contributed by atoms with E-state index in [9.17, 15) is 13.5 Å². The van der Waals surface area contributed by atoms with Crippen LogP contribution >= 0.6 is 11.6 Å². The Bertz CT molecular complexity index is 576. The van der Waals surface area contributed by atoms with Crippen molar-refractivity contribution in [3.63, 3.8) is 0 Å². The van der Waals surface area contributed by atoms with Crippen LogP contribution in [0.4, 0.5) is 0 Å². The first kappa shape index (κ1) is 16.7. The van der Waals surface area contributed by atoms with Crippen LogP contribution < -0.4 is 0 Å². The van der Waals surface area contributed by atoms with E-state index in [0.29, 0.717) is 23.6 Å². The number of rotatable bonds is 6. The van der Waals surface area contributed by atoms with Gasteiger partial charge in [-0.3, -0.25) is 4.90 Å². The van der Waals surface area contributed by atoms with Gasteiger partial charge in [-0.1, -0.05) is 36.7 Å². The van der Waals surface area contributed by atoms with Crippen LogP contribution in [-0.4, -0.2) is 49.1 Å². The number of aliphatic hydroxyl groups is 1. The zero-order valence-electron chi connectivity index (χ0n) is 12.2. The molecule has 1 saturated heterocycles. The van der Waals surface area contributed by atoms with Crippen LogP contribution in [0.25, 0.3) is 0 Å². The highest BCUT2D eigenvalue weighted by Crippen LogP contribution is 2.26. The summed E-state index contributed by atoms with van der Waals surface area (Å²) < 4.78 is 23.3. The van der Waals surface area contributed by atoms with Crippen LogP contribution in [0, 0.1) is 0 Å². The highest BCUT2D eigenvalue weighted by Gasteiger charge is 2.32. The van der Waals surface area contributed by atoms with Gasteiger partial charge in [-0.2, -0.15) is 0 Å². The fourth-order valence-corrected chi connectivity index (χ4v) is 4.86. The zero-order valence-corrected chi connectivity index (χ0v) is 13.8. The first-order valence-electron chi connectivity index (χ1n) is 7.30. The highest BCUT2D eigenvalue weighted by molar-refractivity contribution is 7.91. The van der Waals surface area contributed by atoms with Crippen molar-refractivity contribution < 1.29 is 13.5 Å². The highest BCUT2D eigenvalue weighted by atomic mass is 35.5. The van der Waals surface area contributed by atoms with E-state index in [4.69, 9.17) is 11.6 Å². The number of aliphatic hydroxyl groups excluding tert-OH is 1. The van der Waals surface area contributed by atoms with Crippen LogP contribution in [0.5, 0.6) is 0 Å². The smallest absolute Gasteiger partial charge is 0.151 e. The van der Waals surface area contributed by atoms with Gasteiger partial charge in [0.05, 0.1) is 17.6 Å². The molecule has 0 saturated carbocycles. The Labute approximate surface area is 131 Å². The Kier molecular flexibility index (Phi) is 5.66. The van der Waals surface area contributed by atoms with Gasteiger partial charge in [-0.15, -0.1) is 0 Å². The first-order chi connectivity index (χ1) is 9.93. The van der Waals surface area contributed by atoms with Crippen molar-refractivity contribution in [1.29, 1.82) is 0 Å². The summed E-state index contributed by atoms with van der Waals surface area (Å²) in [4.78, 5) is 2.08. The molecule has 1 fully saturated rings. The van der Waals surface area contributed by atoms with E-state index >= 15 is 0 Å². The Morgan fingerprint density at radius 3 is 2.71 bits per heavy atom. The molecule has 0 spiro atoms. The van der Waals surface area contributed by atoms with Crippen molar-refractivity contribution in [1.82, 2.24) is 4.90 Å². The van der Waals surface area contributed by atoms with Crippen molar-refractivity contribution in [3.8, 4) is 0 Å². The van der Waals surface area contributed by atoms with Gasteiger partial charge in [-0.05, 0) is 25.5 Å². The average Bonchev–Trinajstić information content (AvgIpc) is 2.79. The molecule has 6 heteroatoms. The molecule has 1 aromatic carbocycles. The molecule has 1 aromatic rings. The minimum Gasteiger partial charge on any atom is -0.387 e. The summed E-state index contributed by atoms with van der Waals surface area (Å²) in [5.41, 5.74) is 0.695. The summed E-state index contributed by atoms with van der Waals surface area (Å²) >= 11 is 6.11. The lowest BCUT2D eigenvalue weighted by atomic mass is 10.1. The summed E-state index contributed by atoms with van der Waals surface area (Å²) in [5.74, 6) is 0.447. The summed E-state index contributed by atoms with van der Waals surface area (Å²) in [5, 5.41) is 11.0. The summed E-state index contributed by atoms with van der Waals surface area (Å²) in [6, 6.07) is 7.24. The molecule has 2 rings (SSSR count). The van der Waals surface area contributed by atoms with E-state index < -0.39 is 15.9 Å². The number of halogens is 1. The van der Waals surface area contributed by atoms with Gasteiger partial charge >= 0.3 is 0 Å². The van der Waals surface area contributed by atoms with Gasteiger partial charge in [0.2, 0.25) is 0 Å². The average molecular weight is 332 g/mol. The largest absolute Gasteiger partial charge is 0.387 e. The fourth-order valence-electron chi connectivity index (χ4n) is 2.84. The van der Waals surface area contributed by atoms with Gasteiger partial charge in [0.15, 0.2) is 9.84 Å². The molecule has 2 atom stereocenters. The minimum atomic E-state index is -2.92. The van der Waals surface area contributed by atoms with E-state index in [1.165, 1.54) is 0 Å². The third-order valence-electron chi connectivity index (χ3n) is 3.91. The van der Waals surface area contributed by atoms with Gasteiger partial charge in [0.25, 0.3) is 0 Å². The van der Waals surface area contributed by atoms with Crippen LogP contribution in [0.1, 0.15) is 31.4 Å². The number of sulfone groups is 1. The second-order valence-corrected chi connectivity index (χ2v) is 8.23. The summed E-state index contributed by atoms with van der Waals surface area (Å²) in [7, 11) is -2.92. The van der Waals surface area contributed by atoms with Gasteiger partial charge in [-0.25, -0.2) is 8.42 Å². The van der Waals surface area contributed by atoms with Crippen molar-refractivity contribution >= 4 is 21.4 Å². The predicted molar refractivity (Wildman–Crippen MR) is 85.3 cm³/mol. The molecular formula is C15H22ClNO3S. The summed E-state index contributed by atoms with van der Waals surface area (Å²) in [6.45, 7) is 3.25. The van der Waals surface area contributed by atoms with E-state index in [2.05, 4.69) is 11.8 Å². The van der Waals surface area contributed by atoms with Gasteiger partial charge in [0, 0.05) is 23.2 Å². The van der Waals surface area contributed by atoms with Crippen LogP contribution in [0.3, 0.4) is 0 Å². The third-order valence-corrected chi connectivity index (χ3v) is 6.00. The third kappa shape index (κ3) is 4.42. The Balaban J connectivity index is 2.08. The molecule has 0 amide bonds. The molecule has 0 radical (unpaired) electrons. The van der Waals surface area contributed by atoms with Crippen LogP contribution in [0.2, 0.25) is 5.02 Å². The van der Waals surface area contributed by atoms with Crippen LogP contribution in [-0.2, 0) is 9.84 Å². The maximum absolute atomic E-state index is 11.6. The maximum Gasteiger partial charge on any atom is 0.151 e. The molecule has 0 aromatic heterocycles. The molecule has 118 valence electrons. The van der Waals surface area contributed by atoms with E-state index in [0.717, 1.165) is 13.0 Å². The lowest BCUT2D eigenvalue weighted by Gasteiger charge is -2.30. The quantitative estimate of drug-likeness (QED) is 0.868. The molecule has 4 nitrogen and oxygen atoms in total. The SMILES string of the molecule is CCCN(CC(O)c1ccccc1Cl)C1CCS(=O)(=O)C1. The second-order valence-electron chi connectivity index (χ2n) is 5.59. The Morgan fingerprint density at radius 1 is 1.43 bits per heavy atom. The summed E-state index contributed by atoms with van der Waals surface area (Å²) in [6.07, 6.45) is 0.872. The number of hydrogen-bond acceptors (Lipinski definition) is 4. The predicted octanol–water partition coefficient (Wildman–Crippen LogP) is 2.27. The van der Waals surface area contributed by atoms with Crippen molar-refractivity contribution in [2.45, 2.75) is 31.9 Å². The number of benzene rings is 1. The Morgan fingerprint density at radius 2 is 2.14 bits per heavy atom. The molecule has 0 bridgehead atoms. The van der Waals surface area contributed by atoms with Crippen molar-refractivity contribution in [2.75, 3.05) is 24.6 Å². The lowest BCUT2D eigenvalue weighted by molar-refractivity contribution is 0.0927. The van der Waals surface area contributed by atoms with Gasteiger partial charge in [0.1, 0.15) is 0 Å². The number of nitrogens with zero attached hydrogens (tertiary/aromatic N) is 1. The second kappa shape index (κ2) is 7.09. The van der Waals surface area contributed by atoms with E-state index in [-0.39, 0.29) is 17.5 Å². The molecule has 2 unspecified atom stereocenters. The Hall–Kier alpha value is -0.620. The number of hydrogen-bond donors (Lipinski definition) is 1. The van der Waals surface area contributed by atoms with E-state index in [1.54, 1.807) is 6.07 Å². The monoisotopic (exact) mass is 331 g/mol. The minimum absolute atomic E-state index is 0.00656. The first-order valence-corrected chi connectivity index (χ1v) is 9.50. The molecule has 1 N–H and O–H groups in total. The molecule has 1 aliphatic heterocycles. The van der Waals surface area contributed by atoms with Crippen molar-refractivity contribution in [2.24, 2.45) is 0 Å². The molecule has 0 aliphatic carbocycles. The normalized spacial score (nSPS) is 22.6. The molecule has 1 heterocycles. The standard InChI is InChI=1S/C15H22ClNO3S/c1-2-8-17(12-7-9-21(19,20)11-12)10-15(18)13-5-3-4-6-14(13)16/h3-6,12,15,18H,2,7-11H2,1H3. The maximum atomic E-state index is 11.6. The fraction of sp³-hybridized carbons (Fsp3) is 0.600. The lowest BCUT2D eigenvalue weighted by Crippen LogP contribution is -2.39. The molecule has 21 heavy (non-hydrogen) atoms. The van der Waals surface area contributed by atoms with Crippen molar-refractivity contribution in [3.05, 3.63) is 34.9 Å². The zero-order chi connectivity index (χ0) is 15.5. The topological polar surface area (TPSA) is 57.6 Å². The van der Waals surface area contributed by atoms with Gasteiger partial charge < -0.3 is 5.11 Å². The van der Waals surface area contributed by atoms with E-state index in [1.807, 2.05) is 18.2 Å².